The maximum Gasteiger partial charge on any atom is 0.342 e. The van der Waals surface area contributed by atoms with E-state index in [1.54, 1.807) is 24.3 Å². The molecule has 0 aliphatic rings. The summed E-state index contributed by atoms with van der Waals surface area (Å²) in [4.78, 5) is 24.6. The van der Waals surface area contributed by atoms with Crippen molar-refractivity contribution in [3.63, 3.8) is 0 Å². The van der Waals surface area contributed by atoms with Crippen LogP contribution >= 0.6 is 0 Å². The molecule has 5 nitrogen and oxygen atoms in total. The number of nitrogens with one attached hydrogen (secondary N) is 1. The molecule has 2 aromatic carbocycles. The molecule has 0 aliphatic heterocycles. The molecule has 5 heteroatoms. The first-order chi connectivity index (χ1) is 13.0. The van der Waals surface area contributed by atoms with Crippen molar-refractivity contribution in [3.05, 3.63) is 65.7 Å². The quantitative estimate of drug-likeness (QED) is 0.675. The van der Waals surface area contributed by atoms with Crippen molar-refractivity contribution in [2.24, 2.45) is 5.92 Å². The highest BCUT2D eigenvalue weighted by molar-refractivity contribution is 5.94. The van der Waals surface area contributed by atoms with Gasteiger partial charge in [-0.1, -0.05) is 56.3 Å². The van der Waals surface area contributed by atoms with Crippen LogP contribution in [0.1, 0.15) is 49.2 Å². The number of ether oxygens (including phenoxy) is 2. The molecule has 0 spiro atoms. The van der Waals surface area contributed by atoms with E-state index in [2.05, 4.69) is 19.2 Å². The van der Waals surface area contributed by atoms with Gasteiger partial charge in [-0.05, 0) is 37.0 Å². The van der Waals surface area contributed by atoms with Crippen LogP contribution in [0.2, 0.25) is 0 Å². The van der Waals surface area contributed by atoms with E-state index in [0.29, 0.717) is 23.8 Å². The number of rotatable bonds is 9. The highest BCUT2D eigenvalue weighted by Crippen LogP contribution is 2.21. The molecule has 2 rings (SSSR count). The van der Waals surface area contributed by atoms with Crippen molar-refractivity contribution in [1.29, 1.82) is 0 Å². The van der Waals surface area contributed by atoms with Crippen LogP contribution in [0.15, 0.2) is 54.6 Å². The number of hydrogen-bond donors (Lipinski definition) is 1. The van der Waals surface area contributed by atoms with Crippen LogP contribution < -0.4 is 10.1 Å². The maximum atomic E-state index is 12.3. The Balaban J connectivity index is 1.97. The van der Waals surface area contributed by atoms with E-state index >= 15 is 0 Å². The molecule has 0 aromatic heterocycles. The number of hydrogen-bond acceptors (Lipinski definition) is 4. The average Bonchev–Trinajstić information content (AvgIpc) is 2.66. The number of benzene rings is 2. The molecule has 0 radical (unpaired) electrons. The number of para-hydroxylation sites is 1. The van der Waals surface area contributed by atoms with E-state index in [9.17, 15) is 9.59 Å². The molecule has 0 saturated heterocycles. The number of amides is 1. The lowest BCUT2D eigenvalue weighted by molar-refractivity contribution is -0.125. The third kappa shape index (κ3) is 6.44. The minimum Gasteiger partial charge on any atom is -0.493 e. The topological polar surface area (TPSA) is 64.6 Å². The van der Waals surface area contributed by atoms with E-state index in [4.69, 9.17) is 9.47 Å². The summed E-state index contributed by atoms with van der Waals surface area (Å²) in [5.74, 6) is -0.0374. The lowest BCUT2D eigenvalue weighted by Crippen LogP contribution is -2.33. The van der Waals surface area contributed by atoms with Crippen LogP contribution in [-0.2, 0) is 9.53 Å². The smallest absolute Gasteiger partial charge is 0.342 e. The van der Waals surface area contributed by atoms with Gasteiger partial charge < -0.3 is 14.8 Å². The van der Waals surface area contributed by atoms with Gasteiger partial charge in [-0.2, -0.15) is 0 Å². The average molecular weight is 369 g/mol. The standard InChI is InChI=1S/C22H27NO4/c1-4-26-20-13-9-8-12-18(20)22(25)27-15-21(24)23-19(14-16(2)3)17-10-6-5-7-11-17/h5-13,16,19H,4,14-15H2,1-3H3,(H,23,24)/t19-/m1/s1. The second kappa shape index (κ2) is 10.4. The van der Waals surface area contributed by atoms with Crippen LogP contribution in [-0.4, -0.2) is 25.1 Å². The predicted molar refractivity (Wildman–Crippen MR) is 105 cm³/mol. The van der Waals surface area contributed by atoms with Crippen molar-refractivity contribution in [2.75, 3.05) is 13.2 Å². The summed E-state index contributed by atoms with van der Waals surface area (Å²) in [5, 5.41) is 2.96. The van der Waals surface area contributed by atoms with Crippen LogP contribution in [0, 0.1) is 5.92 Å². The van der Waals surface area contributed by atoms with Crippen LogP contribution in [0.3, 0.4) is 0 Å². The molecule has 0 bridgehead atoms. The zero-order valence-corrected chi connectivity index (χ0v) is 16.1. The summed E-state index contributed by atoms with van der Waals surface area (Å²) in [6, 6.07) is 16.5. The van der Waals surface area contributed by atoms with Gasteiger partial charge in [0.2, 0.25) is 0 Å². The Labute approximate surface area is 160 Å². The van der Waals surface area contributed by atoms with Gasteiger partial charge in [-0.3, -0.25) is 4.79 Å². The Morgan fingerprint density at radius 3 is 2.33 bits per heavy atom. The first-order valence-electron chi connectivity index (χ1n) is 9.24. The molecule has 1 N–H and O–H groups in total. The fourth-order valence-electron chi connectivity index (χ4n) is 2.80. The first-order valence-corrected chi connectivity index (χ1v) is 9.24. The molecule has 1 amide bonds. The Kier molecular flexibility index (Phi) is 7.86. The third-order valence-electron chi connectivity index (χ3n) is 3.99. The van der Waals surface area contributed by atoms with Gasteiger partial charge in [-0.25, -0.2) is 4.79 Å². The minimum absolute atomic E-state index is 0.117. The SMILES string of the molecule is CCOc1ccccc1C(=O)OCC(=O)N[C@H](CC(C)C)c1ccccc1. The van der Waals surface area contributed by atoms with Crippen molar-refractivity contribution in [2.45, 2.75) is 33.2 Å². The molecule has 0 aliphatic carbocycles. The van der Waals surface area contributed by atoms with Crippen molar-refractivity contribution in [1.82, 2.24) is 5.32 Å². The highest BCUT2D eigenvalue weighted by Gasteiger charge is 2.19. The van der Waals surface area contributed by atoms with Gasteiger partial charge in [0.1, 0.15) is 11.3 Å². The Morgan fingerprint density at radius 2 is 1.67 bits per heavy atom. The molecule has 1 atom stereocenters. The molecule has 0 fully saturated rings. The van der Waals surface area contributed by atoms with Gasteiger partial charge in [0.15, 0.2) is 6.61 Å². The second-order valence-electron chi connectivity index (χ2n) is 6.67. The van der Waals surface area contributed by atoms with Crippen LogP contribution in [0.25, 0.3) is 0 Å². The zero-order chi connectivity index (χ0) is 19.6. The fourth-order valence-corrected chi connectivity index (χ4v) is 2.80. The lowest BCUT2D eigenvalue weighted by Gasteiger charge is -2.21. The van der Waals surface area contributed by atoms with E-state index in [0.717, 1.165) is 12.0 Å². The van der Waals surface area contributed by atoms with E-state index in [-0.39, 0.29) is 18.6 Å². The monoisotopic (exact) mass is 369 g/mol. The summed E-state index contributed by atoms with van der Waals surface area (Å²) in [7, 11) is 0. The summed E-state index contributed by atoms with van der Waals surface area (Å²) in [6.07, 6.45) is 0.802. The molecule has 27 heavy (non-hydrogen) atoms. The predicted octanol–water partition coefficient (Wildman–Crippen LogP) is 4.15. The fraction of sp³-hybridized carbons (Fsp3) is 0.364. The van der Waals surface area contributed by atoms with Crippen molar-refractivity contribution < 1.29 is 19.1 Å². The van der Waals surface area contributed by atoms with Gasteiger partial charge in [0, 0.05) is 0 Å². The van der Waals surface area contributed by atoms with Crippen LogP contribution in [0.4, 0.5) is 0 Å². The van der Waals surface area contributed by atoms with Crippen molar-refractivity contribution >= 4 is 11.9 Å². The molecule has 0 saturated carbocycles. The minimum atomic E-state index is -0.575. The first kappa shape index (κ1) is 20.5. The Bertz CT molecular complexity index is 743. The van der Waals surface area contributed by atoms with Crippen LogP contribution in [0.5, 0.6) is 5.75 Å². The normalized spacial score (nSPS) is 11.7. The highest BCUT2D eigenvalue weighted by atomic mass is 16.5. The number of carbonyl (C=O) groups excluding carboxylic acids is 2. The summed E-state index contributed by atoms with van der Waals surface area (Å²) >= 11 is 0. The molecule has 0 heterocycles. The summed E-state index contributed by atoms with van der Waals surface area (Å²) in [5.41, 5.74) is 1.35. The lowest BCUT2D eigenvalue weighted by atomic mass is 9.97. The van der Waals surface area contributed by atoms with Gasteiger partial charge in [0.05, 0.1) is 12.6 Å². The zero-order valence-electron chi connectivity index (χ0n) is 16.1. The van der Waals surface area contributed by atoms with Crippen molar-refractivity contribution in [3.8, 4) is 5.75 Å². The number of carbonyl (C=O) groups is 2. The van der Waals surface area contributed by atoms with E-state index in [1.807, 2.05) is 37.3 Å². The van der Waals surface area contributed by atoms with E-state index < -0.39 is 5.97 Å². The number of esters is 1. The Hall–Kier alpha value is -2.82. The molecule has 0 unspecified atom stereocenters. The molecule has 2 aromatic rings. The van der Waals surface area contributed by atoms with Gasteiger partial charge in [-0.15, -0.1) is 0 Å². The Morgan fingerprint density at radius 1 is 1.00 bits per heavy atom. The molecular weight excluding hydrogens is 342 g/mol. The van der Waals surface area contributed by atoms with E-state index in [1.165, 1.54) is 0 Å². The third-order valence-corrected chi connectivity index (χ3v) is 3.99. The summed E-state index contributed by atoms with van der Waals surface area (Å²) in [6.45, 7) is 6.16. The summed E-state index contributed by atoms with van der Waals surface area (Å²) < 4.78 is 10.6. The second-order valence-corrected chi connectivity index (χ2v) is 6.67. The van der Waals surface area contributed by atoms with Gasteiger partial charge >= 0.3 is 5.97 Å². The van der Waals surface area contributed by atoms with Gasteiger partial charge in [0.25, 0.3) is 5.91 Å². The molecule has 144 valence electrons. The molecular formula is C22H27NO4. The maximum absolute atomic E-state index is 12.3. The largest absolute Gasteiger partial charge is 0.493 e.